The lowest BCUT2D eigenvalue weighted by Gasteiger charge is -2.21. The first kappa shape index (κ1) is 102. The fourth-order valence-corrected chi connectivity index (χ4v) is 14.9. The Kier molecular flexibility index (Phi) is 76.3. The number of hydrogen-bond acceptors (Lipinski definition) is 15. The van der Waals surface area contributed by atoms with Gasteiger partial charge in [-0.1, -0.05) is 407 Å². The van der Waals surface area contributed by atoms with E-state index in [4.69, 9.17) is 37.0 Å². The number of unbranched alkanes of at least 4 members (excludes halogenated alkanes) is 57. The number of carbonyl (C=O) groups is 4. The van der Waals surface area contributed by atoms with Gasteiger partial charge in [-0.05, 0) is 31.6 Å². The molecule has 618 valence electrons. The summed E-state index contributed by atoms with van der Waals surface area (Å²) >= 11 is 0. The Morgan fingerprint density at radius 3 is 0.654 bits per heavy atom. The van der Waals surface area contributed by atoms with E-state index in [2.05, 4.69) is 34.6 Å². The normalized spacial score (nSPS) is 13.8. The van der Waals surface area contributed by atoms with Crippen LogP contribution in [-0.4, -0.2) is 96.7 Å². The molecular weight excluding hydrogens is 1350 g/mol. The number of phosphoric ester groups is 2. The summed E-state index contributed by atoms with van der Waals surface area (Å²) < 4.78 is 68.9. The molecule has 0 saturated carbocycles. The number of carbonyl (C=O) groups excluding carboxylic acids is 4. The average Bonchev–Trinajstić information content (AvgIpc) is 0.909. The Bertz CT molecular complexity index is 1980. The van der Waals surface area contributed by atoms with Crippen LogP contribution in [0, 0.1) is 5.92 Å². The average molecular weight is 1520 g/mol. The molecule has 0 heterocycles. The summed E-state index contributed by atoms with van der Waals surface area (Å²) in [5, 5.41) is 10.7. The molecule has 0 bridgehead atoms. The summed E-state index contributed by atoms with van der Waals surface area (Å²) in [5.41, 5.74) is 0. The van der Waals surface area contributed by atoms with Gasteiger partial charge in [0.05, 0.1) is 26.4 Å². The van der Waals surface area contributed by atoms with Crippen LogP contribution in [0.15, 0.2) is 0 Å². The minimum absolute atomic E-state index is 0.108. The van der Waals surface area contributed by atoms with Crippen molar-refractivity contribution < 1.29 is 80.2 Å². The summed E-state index contributed by atoms with van der Waals surface area (Å²) in [6.07, 6.45) is 70.8. The largest absolute Gasteiger partial charge is 0.472 e. The predicted molar refractivity (Wildman–Crippen MR) is 428 cm³/mol. The molecule has 0 aliphatic carbocycles. The molecule has 0 spiro atoms. The molecule has 17 nitrogen and oxygen atoms in total. The molecule has 0 aromatic carbocycles. The van der Waals surface area contributed by atoms with Gasteiger partial charge in [-0.3, -0.25) is 37.3 Å². The van der Waals surface area contributed by atoms with Crippen molar-refractivity contribution in [1.29, 1.82) is 0 Å². The summed E-state index contributed by atoms with van der Waals surface area (Å²) in [7, 11) is -9.92. The molecule has 0 radical (unpaired) electrons. The third kappa shape index (κ3) is 78.2. The maximum Gasteiger partial charge on any atom is 0.472 e. The SMILES string of the molecule is CCCCCCCCCCCCCCCCCCCCCCC(=O)O[C@H](COC(=O)CCCCCCCCCCCCCCCCCCCC)COP(=O)(O)OC[C@@H](O)COP(=O)(O)OC[C@@H](COC(=O)CCCCCCCCCCCC)OC(=O)CCCCCCCCCCCCCCCC(C)C. The van der Waals surface area contributed by atoms with Gasteiger partial charge in [0.15, 0.2) is 12.2 Å². The summed E-state index contributed by atoms with van der Waals surface area (Å²) in [4.78, 5) is 73.2. The number of ether oxygens (including phenoxy) is 4. The molecule has 5 atom stereocenters. The maximum absolute atomic E-state index is 13.1. The molecule has 0 aliphatic rings. The van der Waals surface area contributed by atoms with E-state index in [1.807, 2.05) is 0 Å². The van der Waals surface area contributed by atoms with Crippen molar-refractivity contribution in [2.24, 2.45) is 5.92 Å². The maximum atomic E-state index is 13.1. The van der Waals surface area contributed by atoms with Crippen molar-refractivity contribution in [3.63, 3.8) is 0 Å². The highest BCUT2D eigenvalue weighted by atomic mass is 31.2. The van der Waals surface area contributed by atoms with E-state index in [9.17, 15) is 43.2 Å². The van der Waals surface area contributed by atoms with E-state index in [-0.39, 0.29) is 25.7 Å². The van der Waals surface area contributed by atoms with E-state index in [0.717, 1.165) is 95.8 Å². The zero-order valence-corrected chi connectivity index (χ0v) is 70.0. The van der Waals surface area contributed by atoms with Crippen LogP contribution in [0.25, 0.3) is 0 Å². The highest BCUT2D eigenvalue weighted by molar-refractivity contribution is 7.47. The second-order valence-corrected chi connectivity index (χ2v) is 34.0. The van der Waals surface area contributed by atoms with Crippen molar-refractivity contribution in [1.82, 2.24) is 0 Å². The molecule has 2 unspecified atom stereocenters. The molecule has 0 amide bonds. The third-order valence-electron chi connectivity index (χ3n) is 20.0. The van der Waals surface area contributed by atoms with Gasteiger partial charge < -0.3 is 33.8 Å². The molecular formula is C85H166O17P2. The molecule has 0 rings (SSSR count). The number of hydrogen-bond donors (Lipinski definition) is 3. The number of aliphatic hydroxyl groups excluding tert-OH is 1. The van der Waals surface area contributed by atoms with Gasteiger partial charge in [-0.2, -0.15) is 0 Å². The first-order chi connectivity index (χ1) is 50.5. The zero-order valence-electron chi connectivity index (χ0n) is 68.2. The first-order valence-corrected chi connectivity index (χ1v) is 47.1. The smallest absolute Gasteiger partial charge is 0.462 e. The van der Waals surface area contributed by atoms with Crippen LogP contribution in [-0.2, 0) is 65.4 Å². The Labute approximate surface area is 638 Å². The van der Waals surface area contributed by atoms with Gasteiger partial charge in [0.1, 0.15) is 19.3 Å². The van der Waals surface area contributed by atoms with Crippen LogP contribution >= 0.6 is 15.6 Å². The van der Waals surface area contributed by atoms with Crippen LogP contribution in [0.2, 0.25) is 0 Å². The second kappa shape index (κ2) is 77.8. The minimum Gasteiger partial charge on any atom is -0.462 e. The number of aliphatic hydroxyl groups is 1. The third-order valence-corrected chi connectivity index (χ3v) is 21.9. The minimum atomic E-state index is -4.96. The van der Waals surface area contributed by atoms with Crippen molar-refractivity contribution in [3.8, 4) is 0 Å². The van der Waals surface area contributed by atoms with Gasteiger partial charge in [-0.15, -0.1) is 0 Å². The Balaban J connectivity index is 5.23. The molecule has 0 aromatic rings. The molecule has 19 heteroatoms. The lowest BCUT2D eigenvalue weighted by molar-refractivity contribution is -0.161. The molecule has 3 N–H and O–H groups in total. The van der Waals surface area contributed by atoms with Crippen LogP contribution in [0.4, 0.5) is 0 Å². The fraction of sp³-hybridized carbons (Fsp3) is 0.953. The lowest BCUT2D eigenvalue weighted by atomic mass is 10.0. The summed E-state index contributed by atoms with van der Waals surface area (Å²) in [6, 6.07) is 0. The number of esters is 4. The Morgan fingerprint density at radius 1 is 0.260 bits per heavy atom. The highest BCUT2D eigenvalue weighted by Gasteiger charge is 2.30. The van der Waals surface area contributed by atoms with E-state index >= 15 is 0 Å². The van der Waals surface area contributed by atoms with Gasteiger partial charge in [0, 0.05) is 25.7 Å². The van der Waals surface area contributed by atoms with Crippen LogP contribution in [0.5, 0.6) is 0 Å². The zero-order chi connectivity index (χ0) is 76.2. The first-order valence-electron chi connectivity index (χ1n) is 44.1. The van der Waals surface area contributed by atoms with Crippen molar-refractivity contribution in [2.45, 2.75) is 477 Å². The van der Waals surface area contributed by atoms with Gasteiger partial charge in [0.25, 0.3) is 0 Å². The standard InChI is InChI=1S/C85H166O17P2/c1-6-9-12-15-18-21-24-26-28-30-32-33-35-37-41-45-50-55-60-65-70-84(89)102-81(75-96-83(88)69-64-59-54-49-44-40-36-34-31-29-27-25-22-19-16-13-10-7-2)77-100-104(93,94)98-73-79(86)72-97-103(91,92)99-76-80(74-95-82(87)68-63-58-53-48-23-20-17-14-11-8-3)101-85(90)71-66-61-56-51-46-42-38-39-43-47-52-57-62-67-78(4)5/h78-81,86H,6-77H2,1-5H3,(H,91,92)(H,93,94)/t79-,80+,81+/m0/s1. The molecule has 0 aliphatic heterocycles. The van der Waals surface area contributed by atoms with Crippen molar-refractivity contribution in [3.05, 3.63) is 0 Å². The second-order valence-electron chi connectivity index (χ2n) is 31.1. The van der Waals surface area contributed by atoms with Gasteiger partial charge in [0.2, 0.25) is 0 Å². The summed E-state index contributed by atoms with van der Waals surface area (Å²) in [5.74, 6) is -1.31. The number of rotatable bonds is 85. The van der Waals surface area contributed by atoms with Gasteiger partial charge >= 0.3 is 39.5 Å². The highest BCUT2D eigenvalue weighted by Crippen LogP contribution is 2.45. The predicted octanol–water partition coefficient (Wildman–Crippen LogP) is 26.0. The molecule has 0 saturated heterocycles. The van der Waals surface area contributed by atoms with Crippen LogP contribution in [0.1, 0.15) is 458 Å². The molecule has 104 heavy (non-hydrogen) atoms. The van der Waals surface area contributed by atoms with Crippen molar-refractivity contribution in [2.75, 3.05) is 39.6 Å². The van der Waals surface area contributed by atoms with Crippen molar-refractivity contribution >= 4 is 39.5 Å². The van der Waals surface area contributed by atoms with Crippen LogP contribution < -0.4 is 0 Å². The lowest BCUT2D eigenvalue weighted by Crippen LogP contribution is -2.30. The topological polar surface area (TPSA) is 237 Å². The molecule has 0 fully saturated rings. The quantitative estimate of drug-likeness (QED) is 0.0222. The van der Waals surface area contributed by atoms with E-state index < -0.39 is 97.5 Å². The van der Waals surface area contributed by atoms with E-state index in [1.54, 1.807) is 0 Å². The summed E-state index contributed by atoms with van der Waals surface area (Å²) in [6.45, 7) is 7.37. The Hall–Kier alpha value is -1.94. The monoisotopic (exact) mass is 1520 g/mol. The fourth-order valence-electron chi connectivity index (χ4n) is 13.3. The van der Waals surface area contributed by atoms with Crippen LogP contribution in [0.3, 0.4) is 0 Å². The Morgan fingerprint density at radius 2 is 0.442 bits per heavy atom. The van der Waals surface area contributed by atoms with E-state index in [0.29, 0.717) is 25.7 Å². The van der Waals surface area contributed by atoms with E-state index in [1.165, 1.54) is 283 Å². The van der Waals surface area contributed by atoms with Gasteiger partial charge in [-0.25, -0.2) is 9.13 Å². The molecule has 0 aromatic heterocycles. The number of phosphoric acid groups is 2.